The molecule has 4 rings (SSSR count). The van der Waals surface area contributed by atoms with Gasteiger partial charge in [-0.1, -0.05) is 54.3 Å². The molecule has 0 radical (unpaired) electrons. The Morgan fingerprint density at radius 3 is 2.31 bits per heavy atom. The van der Waals surface area contributed by atoms with E-state index in [2.05, 4.69) is 15.5 Å². The zero-order valence-electron chi connectivity index (χ0n) is 19.3. The Hall–Kier alpha value is -3.08. The monoisotopic (exact) mass is 497 g/mol. The molecule has 172 valence electrons. The normalized spacial score (nSPS) is 11.4. The Labute approximate surface area is 224 Å². The summed E-state index contributed by atoms with van der Waals surface area (Å²) in [6.07, 6.45) is 0. The molecular formula is C25H20N3NaO5S. The van der Waals surface area contributed by atoms with Crippen molar-refractivity contribution in [3.05, 3.63) is 89.5 Å². The summed E-state index contributed by atoms with van der Waals surface area (Å²) in [4.78, 5) is 12.6. The van der Waals surface area contributed by atoms with Crippen molar-refractivity contribution >= 4 is 43.9 Å². The summed E-state index contributed by atoms with van der Waals surface area (Å²) in [6, 6.07) is 19.5. The molecule has 0 aliphatic heterocycles. The first-order valence-electron chi connectivity index (χ1n) is 10.2. The molecule has 0 saturated heterocycles. The van der Waals surface area contributed by atoms with Crippen LogP contribution in [0.3, 0.4) is 0 Å². The van der Waals surface area contributed by atoms with Gasteiger partial charge in [0.25, 0.3) is 16.0 Å². The number of carbonyl (C=O) groups excluding carboxylic acids is 1. The molecule has 0 fully saturated rings. The van der Waals surface area contributed by atoms with Crippen molar-refractivity contribution in [1.29, 1.82) is 0 Å². The van der Waals surface area contributed by atoms with Crippen molar-refractivity contribution in [3.63, 3.8) is 0 Å². The summed E-state index contributed by atoms with van der Waals surface area (Å²) in [5.74, 6) is -1.19. The minimum Gasteiger partial charge on any atom is -0.870 e. The Balaban J connectivity index is 0.00000342. The zero-order chi connectivity index (χ0) is 24.5. The van der Waals surface area contributed by atoms with Crippen LogP contribution in [0.4, 0.5) is 17.1 Å². The number of aryl methyl sites for hydroxylation is 2. The van der Waals surface area contributed by atoms with Gasteiger partial charge in [-0.2, -0.15) is 18.6 Å². The average molecular weight is 498 g/mol. The molecule has 0 aliphatic carbocycles. The Morgan fingerprint density at radius 2 is 1.60 bits per heavy atom. The van der Waals surface area contributed by atoms with Gasteiger partial charge >= 0.3 is 29.6 Å². The van der Waals surface area contributed by atoms with Crippen molar-refractivity contribution in [2.45, 2.75) is 18.7 Å². The third-order valence-corrected chi connectivity index (χ3v) is 6.20. The fourth-order valence-corrected chi connectivity index (χ4v) is 3.94. The van der Waals surface area contributed by atoms with E-state index in [-0.39, 0.29) is 51.4 Å². The molecule has 0 saturated carbocycles. The quantitative estimate of drug-likeness (QED) is 0.248. The molecule has 8 nitrogen and oxygen atoms in total. The molecule has 0 spiro atoms. The summed E-state index contributed by atoms with van der Waals surface area (Å²) in [5, 5.41) is 25.3. The van der Waals surface area contributed by atoms with Gasteiger partial charge in [-0.15, -0.1) is 0 Å². The van der Waals surface area contributed by atoms with E-state index >= 15 is 0 Å². The number of fused-ring (bicyclic) bond motifs is 1. The second-order valence-electron chi connectivity index (χ2n) is 7.72. The molecular weight excluding hydrogens is 477 g/mol. The van der Waals surface area contributed by atoms with Crippen LogP contribution < -0.4 is 40.0 Å². The van der Waals surface area contributed by atoms with Gasteiger partial charge in [-0.25, -0.2) is 0 Å². The molecule has 0 unspecified atom stereocenters. The third kappa shape index (κ3) is 5.77. The molecule has 4 aromatic rings. The summed E-state index contributed by atoms with van der Waals surface area (Å²) >= 11 is 0. The van der Waals surface area contributed by atoms with Gasteiger partial charge in [0.2, 0.25) is 0 Å². The molecule has 4 aromatic carbocycles. The first kappa shape index (κ1) is 26.5. The molecule has 0 aliphatic rings. The van der Waals surface area contributed by atoms with Crippen LogP contribution >= 0.6 is 0 Å². The van der Waals surface area contributed by atoms with E-state index in [4.69, 9.17) is 0 Å². The molecule has 0 aromatic heterocycles. The maximum Gasteiger partial charge on any atom is 1.00 e. The fraction of sp³-hybridized carbons (Fsp3) is 0.0800. The van der Waals surface area contributed by atoms with Crippen molar-refractivity contribution in [2.75, 3.05) is 5.32 Å². The Bertz CT molecular complexity index is 1570. The largest absolute Gasteiger partial charge is 1.00 e. The fourth-order valence-electron chi connectivity index (χ4n) is 3.44. The smallest absolute Gasteiger partial charge is 0.870 e. The first-order valence-corrected chi connectivity index (χ1v) is 11.7. The van der Waals surface area contributed by atoms with E-state index < -0.39 is 21.8 Å². The van der Waals surface area contributed by atoms with Gasteiger partial charge in [0.05, 0.1) is 16.3 Å². The van der Waals surface area contributed by atoms with E-state index in [0.717, 1.165) is 11.6 Å². The van der Waals surface area contributed by atoms with E-state index in [9.17, 15) is 22.9 Å². The standard InChI is InChI=1S/C25H21N3O5S.Na/c1-15-7-3-6-10-21(15)26-25(30)20-13-17-8-4-5-9-19(17)23(24(20)29)28-27-22-14-18(34(31,32)33)12-11-16(22)2;/h3-14,29H,1-2H3,(H,26,30)(H,31,32,33);/q;+1/p-1. The van der Waals surface area contributed by atoms with Crippen LogP contribution in [0.2, 0.25) is 0 Å². The second kappa shape index (κ2) is 10.7. The third-order valence-electron chi connectivity index (χ3n) is 5.35. The SMILES string of the molecule is Cc1ccc(S(=O)(=O)O)cc1N=Nc1c([O-])c(C(=O)Nc2ccccc2C)cc2ccccc12.[Na+]. The maximum atomic E-state index is 13.3. The van der Waals surface area contributed by atoms with Gasteiger partial charge in [0, 0.05) is 16.6 Å². The average Bonchev–Trinajstić information content (AvgIpc) is 2.79. The number of azo groups is 1. The maximum absolute atomic E-state index is 13.3. The number of benzene rings is 4. The van der Waals surface area contributed by atoms with Crippen LogP contribution in [0.1, 0.15) is 21.5 Å². The van der Waals surface area contributed by atoms with Gasteiger partial charge in [0.15, 0.2) is 0 Å². The molecule has 0 atom stereocenters. The van der Waals surface area contributed by atoms with Crippen LogP contribution in [0.25, 0.3) is 10.8 Å². The van der Waals surface area contributed by atoms with Gasteiger partial charge in [0.1, 0.15) is 0 Å². The number of para-hydroxylation sites is 1. The van der Waals surface area contributed by atoms with E-state index in [1.807, 2.05) is 19.1 Å². The van der Waals surface area contributed by atoms with Crippen molar-refractivity contribution in [1.82, 2.24) is 0 Å². The van der Waals surface area contributed by atoms with Crippen LogP contribution in [0.15, 0.2) is 87.9 Å². The van der Waals surface area contributed by atoms with Gasteiger partial charge in [-0.3, -0.25) is 9.35 Å². The summed E-state index contributed by atoms with van der Waals surface area (Å²) in [5.41, 5.74) is 2.03. The van der Waals surface area contributed by atoms with Crippen LogP contribution in [0.5, 0.6) is 5.75 Å². The van der Waals surface area contributed by atoms with Crippen LogP contribution in [-0.2, 0) is 10.1 Å². The summed E-state index contributed by atoms with van der Waals surface area (Å²) < 4.78 is 32.3. The van der Waals surface area contributed by atoms with Gasteiger partial charge in [-0.05, 0) is 54.6 Å². The molecule has 1 amide bonds. The minimum atomic E-state index is -4.44. The minimum absolute atomic E-state index is 0. The number of amides is 1. The van der Waals surface area contributed by atoms with Crippen LogP contribution in [-0.4, -0.2) is 18.9 Å². The number of hydrogen-bond donors (Lipinski definition) is 2. The number of carbonyl (C=O) groups is 1. The number of rotatable bonds is 5. The molecule has 2 N–H and O–H groups in total. The predicted octanol–water partition coefficient (Wildman–Crippen LogP) is 2.45. The number of anilines is 1. The summed E-state index contributed by atoms with van der Waals surface area (Å²) in [7, 11) is -4.44. The molecule has 0 bridgehead atoms. The van der Waals surface area contributed by atoms with Crippen LogP contribution in [0, 0.1) is 13.8 Å². The first-order chi connectivity index (χ1) is 16.1. The van der Waals surface area contributed by atoms with E-state index in [0.29, 0.717) is 22.0 Å². The Kier molecular flexibility index (Phi) is 8.09. The Morgan fingerprint density at radius 1 is 0.914 bits per heavy atom. The van der Waals surface area contributed by atoms with E-state index in [1.54, 1.807) is 43.3 Å². The topological polar surface area (TPSA) is 131 Å². The van der Waals surface area contributed by atoms with Crippen molar-refractivity contribution in [3.8, 4) is 5.75 Å². The summed E-state index contributed by atoms with van der Waals surface area (Å²) in [6.45, 7) is 3.53. The van der Waals surface area contributed by atoms with Crippen molar-refractivity contribution < 1.29 is 52.4 Å². The molecule has 35 heavy (non-hydrogen) atoms. The number of nitrogens with one attached hydrogen (secondary N) is 1. The van der Waals surface area contributed by atoms with E-state index in [1.165, 1.54) is 18.2 Å². The number of nitrogens with zero attached hydrogens (tertiary/aromatic N) is 2. The molecule has 0 heterocycles. The predicted molar refractivity (Wildman–Crippen MR) is 128 cm³/mol. The molecule has 10 heteroatoms. The zero-order valence-corrected chi connectivity index (χ0v) is 22.1. The second-order valence-corrected chi connectivity index (χ2v) is 9.14. The van der Waals surface area contributed by atoms with Gasteiger partial charge < -0.3 is 10.4 Å². The number of hydrogen-bond acceptors (Lipinski definition) is 6. The van der Waals surface area contributed by atoms with Crippen molar-refractivity contribution in [2.24, 2.45) is 10.2 Å².